The van der Waals surface area contributed by atoms with Crippen LogP contribution in [0.2, 0.25) is 0 Å². The van der Waals surface area contributed by atoms with E-state index < -0.39 is 0 Å². The zero-order chi connectivity index (χ0) is 14.1. The number of carbonyl (C=O) groups is 1. The Bertz CT molecular complexity index is 378. The van der Waals surface area contributed by atoms with E-state index in [1.165, 1.54) is 0 Å². The van der Waals surface area contributed by atoms with Crippen molar-refractivity contribution in [3.05, 3.63) is 18.0 Å². The van der Waals surface area contributed by atoms with Gasteiger partial charge in [0.15, 0.2) is 0 Å². The maximum atomic E-state index is 11.8. The van der Waals surface area contributed by atoms with Gasteiger partial charge in [-0.3, -0.25) is 4.79 Å². The molecule has 0 atom stereocenters. The van der Waals surface area contributed by atoms with Crippen LogP contribution >= 0.6 is 0 Å². The molecule has 5 nitrogen and oxygen atoms in total. The standard InChI is InChI=1S/C14H24N4O/c1-4-6-8-15-13(19)12-10-16-14(17-11-12)18(3)9-7-5-2/h10-11H,4-9H2,1-3H3,(H,15,19). The number of amides is 1. The zero-order valence-corrected chi connectivity index (χ0v) is 12.1. The van der Waals surface area contributed by atoms with E-state index in [0.717, 1.165) is 32.2 Å². The number of rotatable bonds is 8. The lowest BCUT2D eigenvalue weighted by Gasteiger charge is -2.16. The van der Waals surface area contributed by atoms with Gasteiger partial charge >= 0.3 is 0 Å². The van der Waals surface area contributed by atoms with E-state index >= 15 is 0 Å². The first kappa shape index (κ1) is 15.4. The average Bonchev–Trinajstić information content (AvgIpc) is 2.45. The van der Waals surface area contributed by atoms with Crippen LogP contribution in [0, 0.1) is 0 Å². The summed E-state index contributed by atoms with van der Waals surface area (Å²) in [5, 5.41) is 2.85. The molecule has 0 saturated heterocycles. The summed E-state index contributed by atoms with van der Waals surface area (Å²) in [6.07, 6.45) is 7.49. The van der Waals surface area contributed by atoms with E-state index in [1.807, 2.05) is 11.9 Å². The van der Waals surface area contributed by atoms with E-state index in [0.29, 0.717) is 18.1 Å². The van der Waals surface area contributed by atoms with Gasteiger partial charge in [-0.15, -0.1) is 0 Å². The van der Waals surface area contributed by atoms with E-state index in [-0.39, 0.29) is 5.91 Å². The van der Waals surface area contributed by atoms with Gasteiger partial charge in [0.1, 0.15) is 0 Å². The van der Waals surface area contributed by atoms with Gasteiger partial charge in [0.05, 0.1) is 5.56 Å². The molecule has 0 aromatic carbocycles. The van der Waals surface area contributed by atoms with E-state index in [4.69, 9.17) is 0 Å². The Morgan fingerprint density at radius 2 is 1.84 bits per heavy atom. The molecule has 5 heteroatoms. The van der Waals surface area contributed by atoms with Crippen molar-refractivity contribution >= 4 is 11.9 Å². The second-order valence-corrected chi connectivity index (χ2v) is 4.66. The first-order valence-corrected chi connectivity index (χ1v) is 7.00. The van der Waals surface area contributed by atoms with Crippen LogP contribution in [0.4, 0.5) is 5.95 Å². The second kappa shape index (κ2) is 8.45. The van der Waals surface area contributed by atoms with Crippen LogP contribution in [0.1, 0.15) is 49.9 Å². The van der Waals surface area contributed by atoms with Crippen LogP contribution in [0.25, 0.3) is 0 Å². The Hall–Kier alpha value is -1.65. The van der Waals surface area contributed by atoms with Gasteiger partial charge in [0.25, 0.3) is 5.91 Å². The summed E-state index contributed by atoms with van der Waals surface area (Å²) in [5.41, 5.74) is 0.517. The summed E-state index contributed by atoms with van der Waals surface area (Å²) in [5.74, 6) is 0.565. The molecule has 1 aromatic rings. The molecule has 0 saturated carbocycles. The van der Waals surface area contributed by atoms with Gasteiger partial charge in [-0.05, 0) is 12.8 Å². The molecule has 19 heavy (non-hydrogen) atoms. The Morgan fingerprint density at radius 3 is 2.42 bits per heavy atom. The Labute approximate surface area is 115 Å². The summed E-state index contributed by atoms with van der Waals surface area (Å²) >= 11 is 0. The molecule has 0 aliphatic rings. The third kappa shape index (κ3) is 5.24. The molecule has 0 radical (unpaired) electrons. The lowest BCUT2D eigenvalue weighted by Crippen LogP contribution is -2.25. The predicted octanol–water partition coefficient (Wildman–Crippen LogP) is 2.24. The summed E-state index contributed by atoms with van der Waals surface area (Å²) in [4.78, 5) is 22.2. The predicted molar refractivity (Wildman–Crippen MR) is 77.5 cm³/mol. The molecule has 1 N–H and O–H groups in total. The Morgan fingerprint density at radius 1 is 1.21 bits per heavy atom. The van der Waals surface area contributed by atoms with Crippen LogP contribution in [-0.2, 0) is 0 Å². The highest BCUT2D eigenvalue weighted by molar-refractivity contribution is 5.93. The molecule has 1 amide bonds. The van der Waals surface area contributed by atoms with Crippen molar-refractivity contribution in [1.82, 2.24) is 15.3 Å². The third-order valence-corrected chi connectivity index (χ3v) is 2.90. The first-order valence-electron chi connectivity index (χ1n) is 7.00. The summed E-state index contributed by atoms with van der Waals surface area (Å²) in [7, 11) is 1.96. The molecule has 0 bridgehead atoms. The molecule has 0 aliphatic carbocycles. The van der Waals surface area contributed by atoms with Crippen molar-refractivity contribution in [1.29, 1.82) is 0 Å². The number of hydrogen-bond donors (Lipinski definition) is 1. The van der Waals surface area contributed by atoms with Crippen molar-refractivity contribution in [2.75, 3.05) is 25.0 Å². The fraction of sp³-hybridized carbons (Fsp3) is 0.643. The van der Waals surface area contributed by atoms with Crippen molar-refractivity contribution in [2.24, 2.45) is 0 Å². The fourth-order valence-electron chi connectivity index (χ4n) is 1.61. The lowest BCUT2D eigenvalue weighted by atomic mass is 10.3. The first-order chi connectivity index (χ1) is 9.19. The molecule has 106 valence electrons. The highest BCUT2D eigenvalue weighted by Gasteiger charge is 2.08. The number of hydrogen-bond acceptors (Lipinski definition) is 4. The van der Waals surface area contributed by atoms with Crippen LogP contribution < -0.4 is 10.2 Å². The molecule has 1 rings (SSSR count). The molecule has 0 fully saturated rings. The maximum Gasteiger partial charge on any atom is 0.254 e. The van der Waals surface area contributed by atoms with Gasteiger partial charge in [-0.2, -0.15) is 0 Å². The fourth-order valence-corrected chi connectivity index (χ4v) is 1.61. The monoisotopic (exact) mass is 264 g/mol. The minimum atomic E-state index is -0.101. The average molecular weight is 264 g/mol. The normalized spacial score (nSPS) is 10.3. The highest BCUT2D eigenvalue weighted by Crippen LogP contribution is 2.06. The van der Waals surface area contributed by atoms with Crippen molar-refractivity contribution in [3.8, 4) is 0 Å². The van der Waals surface area contributed by atoms with Gasteiger partial charge in [-0.25, -0.2) is 9.97 Å². The quantitative estimate of drug-likeness (QED) is 0.732. The largest absolute Gasteiger partial charge is 0.352 e. The summed E-state index contributed by atoms with van der Waals surface area (Å²) < 4.78 is 0. The number of aromatic nitrogens is 2. The van der Waals surface area contributed by atoms with Crippen LogP contribution in [-0.4, -0.2) is 36.0 Å². The SMILES string of the molecule is CCCCNC(=O)c1cnc(N(C)CCCC)nc1. The second-order valence-electron chi connectivity index (χ2n) is 4.66. The summed E-state index contributed by atoms with van der Waals surface area (Å²) in [6.45, 7) is 5.88. The maximum absolute atomic E-state index is 11.8. The van der Waals surface area contributed by atoms with E-state index in [9.17, 15) is 4.79 Å². The van der Waals surface area contributed by atoms with Crippen molar-refractivity contribution < 1.29 is 4.79 Å². The van der Waals surface area contributed by atoms with Crippen LogP contribution in [0.3, 0.4) is 0 Å². The van der Waals surface area contributed by atoms with Crippen molar-refractivity contribution in [3.63, 3.8) is 0 Å². The van der Waals surface area contributed by atoms with Crippen molar-refractivity contribution in [2.45, 2.75) is 39.5 Å². The highest BCUT2D eigenvalue weighted by atomic mass is 16.1. The lowest BCUT2D eigenvalue weighted by molar-refractivity contribution is 0.0952. The Kier molecular flexibility index (Phi) is 6.85. The number of nitrogens with zero attached hydrogens (tertiary/aromatic N) is 3. The number of unbranched alkanes of at least 4 members (excludes halogenated alkanes) is 2. The Balaban J connectivity index is 2.53. The minimum absolute atomic E-state index is 0.101. The van der Waals surface area contributed by atoms with E-state index in [1.54, 1.807) is 12.4 Å². The molecule has 1 heterocycles. The topological polar surface area (TPSA) is 58.1 Å². The number of nitrogens with one attached hydrogen (secondary N) is 1. The molecule has 0 spiro atoms. The molecule has 0 unspecified atom stereocenters. The molecular weight excluding hydrogens is 240 g/mol. The van der Waals surface area contributed by atoms with Gasteiger partial charge in [0.2, 0.25) is 5.95 Å². The van der Waals surface area contributed by atoms with E-state index in [2.05, 4.69) is 29.1 Å². The smallest absolute Gasteiger partial charge is 0.254 e. The van der Waals surface area contributed by atoms with Gasteiger partial charge in [-0.1, -0.05) is 26.7 Å². The molecular formula is C14H24N4O. The molecule has 1 aromatic heterocycles. The number of carbonyl (C=O) groups excluding carboxylic acids is 1. The number of anilines is 1. The van der Waals surface area contributed by atoms with Crippen LogP contribution in [0.15, 0.2) is 12.4 Å². The van der Waals surface area contributed by atoms with Gasteiger partial charge in [0, 0.05) is 32.5 Å². The third-order valence-electron chi connectivity index (χ3n) is 2.90. The molecule has 0 aliphatic heterocycles. The summed E-state index contributed by atoms with van der Waals surface area (Å²) in [6, 6.07) is 0. The zero-order valence-electron chi connectivity index (χ0n) is 12.1. The van der Waals surface area contributed by atoms with Gasteiger partial charge < -0.3 is 10.2 Å². The minimum Gasteiger partial charge on any atom is -0.352 e. The van der Waals surface area contributed by atoms with Crippen LogP contribution in [0.5, 0.6) is 0 Å².